The van der Waals surface area contributed by atoms with Crippen LogP contribution in [0.25, 0.3) is 0 Å². The first-order chi connectivity index (χ1) is 8.25. The second kappa shape index (κ2) is 6.20. The summed E-state index contributed by atoms with van der Waals surface area (Å²) in [7, 11) is 0. The first-order valence-corrected chi connectivity index (χ1v) is 7.61. The summed E-state index contributed by atoms with van der Waals surface area (Å²) in [6.07, 6.45) is 1.78. The van der Waals surface area contributed by atoms with E-state index in [0.717, 1.165) is 12.8 Å². The summed E-state index contributed by atoms with van der Waals surface area (Å²) in [5.74, 6) is -0.259. The van der Waals surface area contributed by atoms with Crippen LogP contribution >= 0.6 is 0 Å². The van der Waals surface area contributed by atoms with Crippen LogP contribution in [-0.4, -0.2) is 33.8 Å². The third kappa shape index (κ3) is 3.84. The molecule has 92 valence electrons. The molecule has 0 unspecified atom stereocenters. The number of rotatable bonds is 3. The second-order valence-electron chi connectivity index (χ2n) is 3.96. The molecule has 0 amide bonds. The summed E-state index contributed by atoms with van der Waals surface area (Å²) in [6, 6.07) is 10.3. The number of benzene rings is 1. The minimum atomic E-state index is -0.346. The van der Waals surface area contributed by atoms with E-state index in [1.165, 1.54) is 11.4 Å². The van der Waals surface area contributed by atoms with Crippen molar-refractivity contribution in [2.75, 3.05) is 6.61 Å². The van der Waals surface area contributed by atoms with Gasteiger partial charge in [0.05, 0.1) is 0 Å². The van der Waals surface area contributed by atoms with Crippen LogP contribution in [0.3, 0.4) is 0 Å². The Morgan fingerprint density at radius 1 is 1.41 bits per heavy atom. The topological polar surface area (TPSA) is 35.5 Å². The zero-order chi connectivity index (χ0) is 12.1. The number of esters is 1. The van der Waals surface area contributed by atoms with Crippen LogP contribution in [0.2, 0.25) is 4.82 Å². The third-order valence-corrected chi connectivity index (χ3v) is 5.27. The maximum absolute atomic E-state index is 11.0. The van der Waals surface area contributed by atoms with E-state index in [0.29, 0.717) is 26.4 Å². The molecule has 0 N–H and O–H groups in total. The zero-order valence-corrected chi connectivity index (χ0v) is 11.5. The molecule has 0 spiro atoms. The predicted molar refractivity (Wildman–Crippen MR) is 66.3 cm³/mol. The Kier molecular flexibility index (Phi) is 4.60. The molecule has 1 saturated heterocycles. The van der Waals surface area contributed by atoms with Gasteiger partial charge < -0.3 is 0 Å². The standard InChI is InChI=1S/C13H16O3Se/c1-10(14)16-13-12(8-5-9-15-13)17-11-6-3-2-4-7-11/h2-4,6-7,12-13H,5,8-9H2,1H3/t12-,13+/m0/s1. The molecule has 0 aliphatic carbocycles. The molecule has 1 fully saturated rings. The Morgan fingerprint density at radius 2 is 2.18 bits per heavy atom. The molecule has 1 aromatic rings. The van der Waals surface area contributed by atoms with E-state index < -0.39 is 0 Å². The molecule has 0 bridgehead atoms. The van der Waals surface area contributed by atoms with Gasteiger partial charge in [-0.15, -0.1) is 0 Å². The van der Waals surface area contributed by atoms with E-state index in [-0.39, 0.29) is 12.3 Å². The van der Waals surface area contributed by atoms with Gasteiger partial charge in [0.2, 0.25) is 0 Å². The van der Waals surface area contributed by atoms with Gasteiger partial charge in [0, 0.05) is 0 Å². The first kappa shape index (κ1) is 12.6. The molecule has 2 atom stereocenters. The first-order valence-electron chi connectivity index (χ1n) is 5.76. The average molecular weight is 299 g/mol. The average Bonchev–Trinajstić information content (AvgIpc) is 2.32. The molecule has 1 heterocycles. The molecular weight excluding hydrogens is 283 g/mol. The van der Waals surface area contributed by atoms with Crippen molar-refractivity contribution < 1.29 is 14.3 Å². The van der Waals surface area contributed by atoms with E-state index in [9.17, 15) is 4.79 Å². The van der Waals surface area contributed by atoms with Crippen LogP contribution < -0.4 is 4.46 Å². The predicted octanol–water partition coefficient (Wildman–Crippen LogP) is 1.50. The monoisotopic (exact) mass is 300 g/mol. The van der Waals surface area contributed by atoms with Crippen molar-refractivity contribution in [2.24, 2.45) is 0 Å². The summed E-state index contributed by atoms with van der Waals surface area (Å²) in [4.78, 5) is 11.4. The number of hydrogen-bond donors (Lipinski definition) is 0. The summed E-state index contributed by atoms with van der Waals surface area (Å²) < 4.78 is 12.1. The zero-order valence-electron chi connectivity index (χ0n) is 9.80. The van der Waals surface area contributed by atoms with E-state index in [2.05, 4.69) is 12.1 Å². The van der Waals surface area contributed by atoms with E-state index in [4.69, 9.17) is 9.47 Å². The normalized spacial score (nSPS) is 24.3. The fourth-order valence-electron chi connectivity index (χ4n) is 1.79. The Hall–Kier alpha value is -0.831. The van der Waals surface area contributed by atoms with Crippen molar-refractivity contribution in [1.29, 1.82) is 0 Å². The van der Waals surface area contributed by atoms with Gasteiger partial charge in [-0.2, -0.15) is 0 Å². The third-order valence-electron chi connectivity index (χ3n) is 2.53. The van der Waals surface area contributed by atoms with Gasteiger partial charge >= 0.3 is 107 Å². The number of ether oxygens (including phenoxy) is 2. The quantitative estimate of drug-likeness (QED) is 0.627. The molecule has 2 rings (SSSR count). The van der Waals surface area contributed by atoms with Crippen molar-refractivity contribution >= 4 is 25.4 Å². The molecular formula is C13H16O3Se. The molecule has 3 nitrogen and oxygen atoms in total. The van der Waals surface area contributed by atoms with E-state index in [1.54, 1.807) is 0 Å². The van der Waals surface area contributed by atoms with Gasteiger partial charge in [0.1, 0.15) is 0 Å². The van der Waals surface area contributed by atoms with Crippen molar-refractivity contribution in [3.8, 4) is 0 Å². The molecule has 4 heteroatoms. The van der Waals surface area contributed by atoms with Gasteiger partial charge in [-0.1, -0.05) is 0 Å². The Morgan fingerprint density at radius 3 is 2.88 bits per heavy atom. The van der Waals surface area contributed by atoms with Crippen molar-refractivity contribution in [2.45, 2.75) is 30.9 Å². The molecule has 0 aromatic heterocycles. The maximum atomic E-state index is 11.0. The SMILES string of the molecule is CC(=O)O[C@H]1OCCC[C@@H]1[Se]c1ccccc1. The van der Waals surface area contributed by atoms with Crippen LogP contribution in [0.5, 0.6) is 0 Å². The van der Waals surface area contributed by atoms with Crippen LogP contribution in [0.1, 0.15) is 19.8 Å². The van der Waals surface area contributed by atoms with E-state index in [1.807, 2.05) is 18.2 Å². The molecule has 1 aromatic carbocycles. The van der Waals surface area contributed by atoms with Gasteiger partial charge in [0.25, 0.3) is 0 Å². The molecule has 1 aliphatic heterocycles. The molecule has 17 heavy (non-hydrogen) atoms. The minimum absolute atomic E-state index is 0.259. The van der Waals surface area contributed by atoms with E-state index >= 15 is 0 Å². The fraction of sp³-hybridized carbons (Fsp3) is 0.462. The van der Waals surface area contributed by atoms with Crippen LogP contribution in [-0.2, 0) is 14.3 Å². The molecule has 1 aliphatic rings. The number of carbonyl (C=O) groups excluding carboxylic acids is 1. The molecule has 0 saturated carbocycles. The Bertz CT molecular complexity index is 366. The number of carbonyl (C=O) groups is 1. The van der Waals surface area contributed by atoms with Crippen LogP contribution in [0.4, 0.5) is 0 Å². The van der Waals surface area contributed by atoms with Gasteiger partial charge in [-0.05, 0) is 0 Å². The summed E-state index contributed by atoms with van der Waals surface area (Å²) in [5.41, 5.74) is 0. The van der Waals surface area contributed by atoms with Crippen molar-refractivity contribution in [1.82, 2.24) is 0 Å². The summed E-state index contributed by atoms with van der Waals surface area (Å²) in [6.45, 7) is 2.13. The van der Waals surface area contributed by atoms with Gasteiger partial charge in [-0.25, -0.2) is 0 Å². The number of hydrogen-bond acceptors (Lipinski definition) is 3. The van der Waals surface area contributed by atoms with Gasteiger partial charge in [0.15, 0.2) is 0 Å². The van der Waals surface area contributed by atoms with Crippen LogP contribution in [0, 0.1) is 0 Å². The fourth-order valence-corrected chi connectivity index (χ4v) is 4.29. The van der Waals surface area contributed by atoms with Crippen LogP contribution in [0.15, 0.2) is 30.3 Å². The Labute approximate surface area is 108 Å². The van der Waals surface area contributed by atoms with Gasteiger partial charge in [-0.3, -0.25) is 0 Å². The van der Waals surface area contributed by atoms with Crippen molar-refractivity contribution in [3.63, 3.8) is 0 Å². The Balaban J connectivity index is 1.99. The van der Waals surface area contributed by atoms with Crippen molar-refractivity contribution in [3.05, 3.63) is 30.3 Å². The summed E-state index contributed by atoms with van der Waals surface area (Å²) in [5, 5.41) is 0. The molecule has 0 radical (unpaired) electrons. The second-order valence-corrected chi connectivity index (χ2v) is 6.71. The summed E-state index contributed by atoms with van der Waals surface area (Å²) >= 11 is 0.293.